The number of para-hydroxylation sites is 2. The van der Waals surface area contributed by atoms with Crippen molar-refractivity contribution in [2.24, 2.45) is 0 Å². The van der Waals surface area contributed by atoms with Gasteiger partial charge >= 0.3 is 7.12 Å². The second-order valence-electron chi connectivity index (χ2n) is 11.9. The Morgan fingerprint density at radius 2 is 1.05 bits per heavy atom. The molecule has 0 radical (unpaired) electrons. The molecule has 5 aromatic carbocycles. The van der Waals surface area contributed by atoms with E-state index >= 15 is 0 Å². The zero-order chi connectivity index (χ0) is 26.6. The summed E-state index contributed by atoms with van der Waals surface area (Å²) in [7, 11) is -0.476. The van der Waals surface area contributed by atoms with Crippen molar-refractivity contribution in [3.8, 4) is 22.6 Å². The summed E-state index contributed by atoms with van der Waals surface area (Å²) in [6.07, 6.45) is 0. The van der Waals surface area contributed by atoms with Gasteiger partial charge in [0.1, 0.15) is 11.5 Å². The van der Waals surface area contributed by atoms with Crippen LogP contribution in [0.4, 0.5) is 0 Å². The van der Waals surface area contributed by atoms with E-state index in [1.165, 1.54) is 27.6 Å². The van der Waals surface area contributed by atoms with Crippen molar-refractivity contribution in [3.63, 3.8) is 0 Å². The highest BCUT2D eigenvalue weighted by Gasteiger charge is 2.55. The molecule has 2 aliphatic heterocycles. The second kappa shape index (κ2) is 7.62. The number of ether oxygens (including phenoxy) is 1. The minimum Gasteiger partial charge on any atom is -0.457 e. The second-order valence-corrected chi connectivity index (χ2v) is 11.9. The molecular formula is C35H29BO3. The van der Waals surface area contributed by atoms with Crippen LogP contribution < -0.4 is 10.2 Å². The number of rotatable bonds is 1. The van der Waals surface area contributed by atoms with Gasteiger partial charge in [-0.25, -0.2) is 0 Å². The van der Waals surface area contributed by atoms with Crippen LogP contribution in [0.2, 0.25) is 0 Å². The lowest BCUT2D eigenvalue weighted by Gasteiger charge is -2.39. The maximum absolute atomic E-state index is 6.66. The Kier molecular flexibility index (Phi) is 4.51. The fourth-order valence-electron chi connectivity index (χ4n) is 6.90. The molecule has 0 bridgehead atoms. The third kappa shape index (κ3) is 2.86. The molecule has 0 saturated carbocycles. The molecule has 4 heteroatoms. The molecule has 2 heterocycles. The summed E-state index contributed by atoms with van der Waals surface area (Å²) in [5, 5.41) is 2.38. The first kappa shape index (κ1) is 23.1. The zero-order valence-corrected chi connectivity index (χ0v) is 22.6. The number of fused-ring (bicyclic) bond motifs is 11. The normalized spacial score (nSPS) is 18.8. The maximum atomic E-state index is 6.66. The Hall–Kier alpha value is -3.86. The monoisotopic (exact) mass is 508 g/mol. The van der Waals surface area contributed by atoms with Gasteiger partial charge in [0, 0.05) is 11.1 Å². The molecule has 1 aliphatic carbocycles. The van der Waals surface area contributed by atoms with Crippen molar-refractivity contribution in [2.75, 3.05) is 0 Å². The molecule has 5 aromatic rings. The molecule has 39 heavy (non-hydrogen) atoms. The quantitative estimate of drug-likeness (QED) is 0.214. The summed E-state index contributed by atoms with van der Waals surface area (Å²) in [4.78, 5) is 0. The fraction of sp³-hybridized carbons (Fsp3) is 0.200. The van der Waals surface area contributed by atoms with Crippen molar-refractivity contribution < 1.29 is 14.0 Å². The van der Waals surface area contributed by atoms with Gasteiger partial charge in [-0.2, -0.15) is 0 Å². The third-order valence-electron chi connectivity index (χ3n) is 9.39. The van der Waals surface area contributed by atoms with Crippen molar-refractivity contribution in [3.05, 3.63) is 125 Å². The molecule has 0 aromatic heterocycles. The molecule has 0 N–H and O–H groups in total. The molecule has 190 valence electrons. The molecule has 1 saturated heterocycles. The SMILES string of the molecule is CC1(C)OB(c2cc3c(c4ccccc24)-c2ccccc2C32c3ccccc3Oc3ccccc32)OC1(C)C. The van der Waals surface area contributed by atoms with Gasteiger partial charge in [0.25, 0.3) is 0 Å². The van der Waals surface area contributed by atoms with E-state index in [2.05, 4.69) is 131 Å². The lowest BCUT2D eigenvalue weighted by atomic mass is 9.64. The summed E-state index contributed by atoms with van der Waals surface area (Å²) in [5.41, 5.74) is 7.04. The van der Waals surface area contributed by atoms with Gasteiger partial charge in [0.2, 0.25) is 0 Å². The summed E-state index contributed by atoms with van der Waals surface area (Å²) in [6, 6.07) is 36.9. The van der Waals surface area contributed by atoms with Crippen LogP contribution in [0.5, 0.6) is 11.5 Å². The molecule has 3 aliphatic rings. The van der Waals surface area contributed by atoms with Gasteiger partial charge in [-0.15, -0.1) is 0 Å². The van der Waals surface area contributed by atoms with Gasteiger partial charge < -0.3 is 14.0 Å². The number of hydrogen-bond acceptors (Lipinski definition) is 3. The van der Waals surface area contributed by atoms with Crippen LogP contribution in [-0.4, -0.2) is 18.3 Å². The van der Waals surface area contributed by atoms with Crippen LogP contribution in [0.1, 0.15) is 49.9 Å². The number of hydrogen-bond donors (Lipinski definition) is 0. The zero-order valence-electron chi connectivity index (χ0n) is 22.6. The van der Waals surface area contributed by atoms with Crippen LogP contribution in [0.15, 0.2) is 103 Å². The van der Waals surface area contributed by atoms with Crippen molar-refractivity contribution in [1.29, 1.82) is 0 Å². The Morgan fingerprint density at radius 1 is 0.538 bits per heavy atom. The average molecular weight is 508 g/mol. The van der Waals surface area contributed by atoms with E-state index in [1.54, 1.807) is 0 Å². The van der Waals surface area contributed by atoms with E-state index in [-0.39, 0.29) is 0 Å². The summed E-state index contributed by atoms with van der Waals surface area (Å²) in [5.74, 6) is 1.79. The summed E-state index contributed by atoms with van der Waals surface area (Å²) < 4.78 is 19.8. The fourth-order valence-corrected chi connectivity index (χ4v) is 6.90. The standard InChI is InChI=1S/C35H29BO3/c1-33(2)34(3,4)39-36(38-33)29-21-28-32(23-14-6-5-13-22(23)29)24-15-7-8-16-25(24)35(28)26-17-9-11-19-30(26)37-31-20-12-10-18-27(31)35/h5-21H,1-4H3. The predicted octanol–water partition coefficient (Wildman–Crippen LogP) is 7.61. The van der Waals surface area contributed by atoms with Gasteiger partial charge in [-0.1, -0.05) is 91.0 Å². The first-order valence-electron chi connectivity index (χ1n) is 13.7. The first-order valence-corrected chi connectivity index (χ1v) is 13.7. The van der Waals surface area contributed by atoms with E-state index in [0.717, 1.165) is 33.5 Å². The summed E-state index contributed by atoms with van der Waals surface area (Å²) in [6.45, 7) is 8.46. The minimum atomic E-state index is -0.528. The Balaban J connectivity index is 1.53. The molecule has 0 atom stereocenters. The van der Waals surface area contributed by atoms with Gasteiger partial charge in [0.05, 0.1) is 16.6 Å². The minimum absolute atomic E-state index is 0.434. The van der Waals surface area contributed by atoms with Crippen molar-refractivity contribution in [1.82, 2.24) is 0 Å². The first-order chi connectivity index (χ1) is 18.8. The molecule has 0 amide bonds. The molecule has 3 nitrogen and oxygen atoms in total. The van der Waals surface area contributed by atoms with E-state index in [1.807, 2.05) is 0 Å². The Labute approximate surface area is 229 Å². The van der Waals surface area contributed by atoms with Crippen LogP contribution >= 0.6 is 0 Å². The average Bonchev–Trinajstić information content (AvgIpc) is 3.35. The molecule has 1 spiro atoms. The highest BCUT2D eigenvalue weighted by molar-refractivity contribution is 6.65. The van der Waals surface area contributed by atoms with Crippen molar-refractivity contribution in [2.45, 2.75) is 44.3 Å². The smallest absolute Gasteiger partial charge is 0.457 e. The Morgan fingerprint density at radius 3 is 1.69 bits per heavy atom. The van der Waals surface area contributed by atoms with E-state index < -0.39 is 23.7 Å². The van der Waals surface area contributed by atoms with Crippen LogP contribution in [-0.2, 0) is 14.7 Å². The number of benzene rings is 5. The maximum Gasteiger partial charge on any atom is 0.495 e. The lowest BCUT2D eigenvalue weighted by molar-refractivity contribution is 0.00578. The van der Waals surface area contributed by atoms with Crippen molar-refractivity contribution >= 4 is 23.4 Å². The largest absolute Gasteiger partial charge is 0.495 e. The molecule has 8 rings (SSSR count). The highest BCUT2D eigenvalue weighted by Crippen LogP contribution is 2.62. The third-order valence-corrected chi connectivity index (χ3v) is 9.39. The highest BCUT2D eigenvalue weighted by atomic mass is 16.7. The van der Waals surface area contributed by atoms with Crippen LogP contribution in [0.25, 0.3) is 21.9 Å². The van der Waals surface area contributed by atoms with Gasteiger partial charge in [-0.05, 0) is 78.3 Å². The van der Waals surface area contributed by atoms with Gasteiger partial charge in [-0.3, -0.25) is 0 Å². The lowest BCUT2D eigenvalue weighted by Crippen LogP contribution is -2.41. The molecular weight excluding hydrogens is 479 g/mol. The predicted molar refractivity (Wildman–Crippen MR) is 157 cm³/mol. The van der Waals surface area contributed by atoms with Gasteiger partial charge in [0.15, 0.2) is 0 Å². The van der Waals surface area contributed by atoms with E-state index in [0.29, 0.717) is 0 Å². The Bertz CT molecular complexity index is 1760. The van der Waals surface area contributed by atoms with E-state index in [9.17, 15) is 0 Å². The van der Waals surface area contributed by atoms with Crippen LogP contribution in [0.3, 0.4) is 0 Å². The van der Waals surface area contributed by atoms with E-state index in [4.69, 9.17) is 14.0 Å². The topological polar surface area (TPSA) is 27.7 Å². The summed E-state index contributed by atoms with van der Waals surface area (Å²) >= 11 is 0. The van der Waals surface area contributed by atoms with Crippen LogP contribution in [0, 0.1) is 0 Å². The molecule has 1 fully saturated rings. The molecule has 0 unspecified atom stereocenters.